The fraction of sp³-hybridized carbons (Fsp3) is 0.348. The first-order valence-corrected chi connectivity index (χ1v) is 9.61. The molecule has 0 amide bonds. The van der Waals surface area contributed by atoms with Crippen LogP contribution in [0.1, 0.15) is 43.9 Å². The van der Waals surface area contributed by atoms with Gasteiger partial charge in [-0.05, 0) is 36.1 Å². The molecule has 1 atom stereocenters. The summed E-state index contributed by atoms with van der Waals surface area (Å²) in [5.41, 5.74) is 1.08. The Hall–Kier alpha value is -2.83. The van der Waals surface area contributed by atoms with Gasteiger partial charge in [0.2, 0.25) is 6.79 Å². The van der Waals surface area contributed by atoms with E-state index in [1.807, 2.05) is 62.4 Å². The SMILES string of the molecule is C=C(C(=O)OC)[C@@H](OOC(CC)(CC)c1ccc2c(c1)OCO2)c1ccccc1. The van der Waals surface area contributed by atoms with Crippen LogP contribution in [-0.2, 0) is 24.9 Å². The van der Waals surface area contributed by atoms with E-state index < -0.39 is 17.7 Å². The molecule has 0 aromatic heterocycles. The van der Waals surface area contributed by atoms with Crippen LogP contribution >= 0.6 is 0 Å². The van der Waals surface area contributed by atoms with Crippen LogP contribution in [0.25, 0.3) is 0 Å². The van der Waals surface area contributed by atoms with Crippen molar-refractivity contribution in [3.8, 4) is 11.5 Å². The highest BCUT2D eigenvalue weighted by Gasteiger charge is 2.35. The Morgan fingerprint density at radius 2 is 1.79 bits per heavy atom. The molecule has 0 spiro atoms. The average Bonchev–Trinajstić information content (AvgIpc) is 3.25. The van der Waals surface area contributed by atoms with Gasteiger partial charge < -0.3 is 14.2 Å². The van der Waals surface area contributed by atoms with Crippen LogP contribution in [0, 0.1) is 0 Å². The van der Waals surface area contributed by atoms with E-state index in [4.69, 9.17) is 24.0 Å². The third kappa shape index (κ3) is 4.28. The number of esters is 1. The van der Waals surface area contributed by atoms with Crippen LogP contribution in [-0.4, -0.2) is 19.9 Å². The number of hydrogen-bond acceptors (Lipinski definition) is 6. The van der Waals surface area contributed by atoms with Crippen LogP contribution in [0.4, 0.5) is 0 Å². The predicted octanol–water partition coefficient (Wildman–Crippen LogP) is 4.85. The van der Waals surface area contributed by atoms with Gasteiger partial charge in [0.05, 0.1) is 12.7 Å². The van der Waals surface area contributed by atoms with E-state index in [-0.39, 0.29) is 12.4 Å². The zero-order chi connectivity index (χ0) is 20.9. The molecule has 0 fully saturated rings. The highest BCUT2D eigenvalue weighted by atomic mass is 17.2. The van der Waals surface area contributed by atoms with Crippen LogP contribution in [0.15, 0.2) is 60.7 Å². The molecule has 2 aromatic rings. The average molecular weight is 398 g/mol. The minimum Gasteiger partial charge on any atom is -0.466 e. The van der Waals surface area contributed by atoms with Gasteiger partial charge in [0.25, 0.3) is 0 Å². The summed E-state index contributed by atoms with van der Waals surface area (Å²) in [6.07, 6.45) is 0.500. The fourth-order valence-corrected chi connectivity index (χ4v) is 3.33. The molecule has 6 heteroatoms. The molecule has 3 rings (SSSR count). The van der Waals surface area contributed by atoms with E-state index in [9.17, 15) is 4.79 Å². The molecule has 2 aromatic carbocycles. The maximum Gasteiger partial charge on any atom is 0.336 e. The Labute approximate surface area is 170 Å². The summed E-state index contributed by atoms with van der Waals surface area (Å²) in [6, 6.07) is 15.0. The summed E-state index contributed by atoms with van der Waals surface area (Å²) in [7, 11) is 1.31. The van der Waals surface area contributed by atoms with E-state index in [0.717, 1.165) is 11.1 Å². The molecule has 0 unspecified atom stereocenters. The molecule has 0 aliphatic carbocycles. The standard InChI is InChI=1S/C23H26O6/c1-5-23(6-2,18-12-13-19-20(14-18)27-15-26-19)29-28-21(16(3)22(24)25-4)17-10-8-7-9-11-17/h7-14,21H,3,5-6,15H2,1-2,4H3/t21-/m1/s1. The maximum atomic E-state index is 12.1. The van der Waals surface area contributed by atoms with Gasteiger partial charge in [-0.3, -0.25) is 0 Å². The molecular weight excluding hydrogens is 372 g/mol. The number of carbonyl (C=O) groups excluding carboxylic acids is 1. The maximum absolute atomic E-state index is 12.1. The Kier molecular flexibility index (Phi) is 6.56. The highest BCUT2D eigenvalue weighted by Crippen LogP contribution is 2.41. The van der Waals surface area contributed by atoms with E-state index in [1.165, 1.54) is 7.11 Å². The van der Waals surface area contributed by atoms with E-state index >= 15 is 0 Å². The Morgan fingerprint density at radius 3 is 2.45 bits per heavy atom. The lowest BCUT2D eigenvalue weighted by Crippen LogP contribution is -2.30. The largest absolute Gasteiger partial charge is 0.466 e. The molecule has 0 bridgehead atoms. The lowest BCUT2D eigenvalue weighted by atomic mass is 9.88. The summed E-state index contributed by atoms with van der Waals surface area (Å²) in [4.78, 5) is 24.0. The van der Waals surface area contributed by atoms with Gasteiger partial charge in [-0.25, -0.2) is 14.6 Å². The minimum atomic E-state index is -0.796. The molecule has 29 heavy (non-hydrogen) atoms. The van der Waals surface area contributed by atoms with Crippen molar-refractivity contribution in [1.29, 1.82) is 0 Å². The monoisotopic (exact) mass is 398 g/mol. The summed E-state index contributed by atoms with van der Waals surface area (Å²) < 4.78 is 15.7. The zero-order valence-electron chi connectivity index (χ0n) is 17.0. The van der Waals surface area contributed by atoms with Crippen LogP contribution < -0.4 is 9.47 Å². The fourth-order valence-electron chi connectivity index (χ4n) is 3.33. The smallest absolute Gasteiger partial charge is 0.336 e. The second-order valence-electron chi connectivity index (χ2n) is 6.76. The number of ether oxygens (including phenoxy) is 3. The lowest BCUT2D eigenvalue weighted by molar-refractivity contribution is -0.388. The van der Waals surface area contributed by atoms with Crippen molar-refractivity contribution in [1.82, 2.24) is 0 Å². The molecule has 154 valence electrons. The zero-order valence-corrected chi connectivity index (χ0v) is 17.0. The van der Waals surface area contributed by atoms with E-state index in [0.29, 0.717) is 24.3 Å². The van der Waals surface area contributed by atoms with Gasteiger partial charge >= 0.3 is 5.97 Å². The van der Waals surface area contributed by atoms with E-state index in [1.54, 1.807) is 0 Å². The first-order chi connectivity index (χ1) is 14.0. The van der Waals surface area contributed by atoms with Gasteiger partial charge in [0, 0.05) is 0 Å². The molecule has 1 heterocycles. The topological polar surface area (TPSA) is 63.2 Å². The van der Waals surface area contributed by atoms with Gasteiger partial charge in [-0.1, -0.05) is 56.8 Å². The second-order valence-corrected chi connectivity index (χ2v) is 6.76. The third-order valence-electron chi connectivity index (χ3n) is 5.21. The molecule has 6 nitrogen and oxygen atoms in total. The quantitative estimate of drug-likeness (QED) is 0.260. The van der Waals surface area contributed by atoms with Crippen LogP contribution in [0.2, 0.25) is 0 Å². The lowest BCUT2D eigenvalue weighted by Gasteiger charge is -2.33. The summed E-state index contributed by atoms with van der Waals surface area (Å²) in [6.45, 7) is 8.10. The van der Waals surface area contributed by atoms with E-state index in [2.05, 4.69) is 6.58 Å². The minimum absolute atomic E-state index is 0.158. The normalized spacial score (nSPS) is 13.8. The number of fused-ring (bicyclic) bond motifs is 1. The second kappa shape index (κ2) is 9.11. The van der Waals surface area contributed by atoms with Gasteiger partial charge in [0.15, 0.2) is 11.5 Å². The van der Waals surface area contributed by atoms with Crippen molar-refractivity contribution in [2.75, 3.05) is 13.9 Å². The van der Waals surface area contributed by atoms with Crippen molar-refractivity contribution >= 4 is 5.97 Å². The van der Waals surface area contributed by atoms with Crippen molar-refractivity contribution < 1.29 is 28.8 Å². The summed E-state index contributed by atoms with van der Waals surface area (Å²) in [5.74, 6) is 0.831. The van der Waals surface area contributed by atoms with Gasteiger partial charge in [-0.2, -0.15) is 0 Å². The first kappa shape index (κ1) is 20.9. The number of methoxy groups -OCH3 is 1. The number of carbonyl (C=O) groups is 1. The summed E-state index contributed by atoms with van der Waals surface area (Å²) >= 11 is 0. The first-order valence-electron chi connectivity index (χ1n) is 9.61. The molecule has 1 aliphatic heterocycles. The molecule has 0 radical (unpaired) electrons. The molecular formula is C23H26O6. The highest BCUT2D eigenvalue weighted by molar-refractivity contribution is 5.89. The van der Waals surface area contributed by atoms with Crippen molar-refractivity contribution in [3.05, 3.63) is 71.8 Å². The molecule has 0 saturated heterocycles. The van der Waals surface area contributed by atoms with Gasteiger partial charge in [0.1, 0.15) is 11.7 Å². The number of hydrogen-bond donors (Lipinski definition) is 0. The molecule has 0 saturated carbocycles. The Morgan fingerprint density at radius 1 is 1.10 bits per heavy atom. The van der Waals surface area contributed by atoms with Crippen molar-refractivity contribution in [2.24, 2.45) is 0 Å². The third-order valence-corrected chi connectivity index (χ3v) is 5.21. The molecule has 0 N–H and O–H groups in total. The number of rotatable bonds is 9. The summed E-state index contributed by atoms with van der Waals surface area (Å²) in [5, 5.41) is 0. The molecule has 1 aliphatic rings. The number of benzene rings is 2. The van der Waals surface area contributed by atoms with Crippen molar-refractivity contribution in [2.45, 2.75) is 38.4 Å². The van der Waals surface area contributed by atoms with Crippen molar-refractivity contribution in [3.63, 3.8) is 0 Å². The predicted molar refractivity (Wildman–Crippen MR) is 107 cm³/mol. The van der Waals surface area contributed by atoms with Crippen LogP contribution in [0.5, 0.6) is 11.5 Å². The Bertz CT molecular complexity index is 857. The Balaban J connectivity index is 1.88. The van der Waals surface area contributed by atoms with Gasteiger partial charge in [-0.15, -0.1) is 0 Å². The van der Waals surface area contributed by atoms with Crippen LogP contribution in [0.3, 0.4) is 0 Å².